The second-order valence-corrected chi connectivity index (χ2v) is 6.70. The van der Waals surface area contributed by atoms with Gasteiger partial charge in [0, 0.05) is 41.3 Å². The summed E-state index contributed by atoms with van der Waals surface area (Å²) in [5.74, 6) is 1.88. The van der Waals surface area contributed by atoms with Crippen molar-refractivity contribution in [1.82, 2.24) is 19.8 Å². The van der Waals surface area contributed by atoms with Crippen molar-refractivity contribution in [2.24, 2.45) is 12.0 Å². The number of nitrogens with one attached hydrogen (secondary N) is 1. The molecule has 6 nitrogen and oxygen atoms in total. The second kappa shape index (κ2) is 9.77. The first-order valence-corrected chi connectivity index (χ1v) is 8.98. The average molecular weight is 480 g/mol. The van der Waals surface area contributed by atoms with Gasteiger partial charge in [-0.25, -0.2) is 4.98 Å². The largest absolute Gasteiger partial charge is 0.351 e. The van der Waals surface area contributed by atoms with Crippen LogP contribution >= 0.6 is 24.0 Å². The molecule has 0 fully saturated rings. The van der Waals surface area contributed by atoms with Crippen molar-refractivity contribution in [2.45, 2.75) is 13.0 Å². The summed E-state index contributed by atoms with van der Waals surface area (Å²) in [7, 11) is 7.89. The molecule has 27 heavy (non-hydrogen) atoms. The third kappa shape index (κ3) is 5.03. The zero-order valence-electron chi connectivity index (χ0n) is 16.5. The van der Waals surface area contributed by atoms with Gasteiger partial charge in [0.25, 0.3) is 0 Å². The number of guanidine groups is 1. The Morgan fingerprint density at radius 3 is 2.56 bits per heavy atom. The predicted octanol–water partition coefficient (Wildman–Crippen LogP) is 2.97. The van der Waals surface area contributed by atoms with Gasteiger partial charge >= 0.3 is 0 Å². The molecule has 0 unspecified atom stereocenters. The third-order valence-corrected chi connectivity index (χ3v) is 4.75. The lowest BCUT2D eigenvalue weighted by molar-refractivity contribution is 0.439. The highest BCUT2D eigenvalue weighted by Gasteiger charge is 2.17. The molecule has 0 saturated heterocycles. The van der Waals surface area contributed by atoms with Crippen molar-refractivity contribution >= 4 is 41.5 Å². The second-order valence-electron chi connectivity index (χ2n) is 6.70. The zero-order chi connectivity index (χ0) is 18.5. The molecule has 0 saturated carbocycles. The van der Waals surface area contributed by atoms with Gasteiger partial charge in [-0.15, -0.1) is 24.0 Å². The molecule has 0 bridgehead atoms. The summed E-state index contributed by atoms with van der Waals surface area (Å²) >= 11 is 0. The van der Waals surface area contributed by atoms with Crippen LogP contribution in [0.15, 0.2) is 47.6 Å². The lowest BCUT2D eigenvalue weighted by Gasteiger charge is -2.29. The summed E-state index contributed by atoms with van der Waals surface area (Å²) in [4.78, 5) is 13.2. The first-order chi connectivity index (χ1) is 12.6. The number of benzene rings is 1. The maximum atomic E-state index is 4.46. The first-order valence-electron chi connectivity index (χ1n) is 8.98. The SMILES string of the molecule is CN=C(NCc1cnc(N(C)C)n1C)N1CC=C(c2ccccc2)CC1.I. The van der Waals surface area contributed by atoms with Crippen molar-refractivity contribution in [3.63, 3.8) is 0 Å². The van der Waals surface area contributed by atoms with Crippen LogP contribution in [0.4, 0.5) is 5.95 Å². The summed E-state index contributed by atoms with van der Waals surface area (Å²) in [5, 5.41) is 3.47. The number of hydrogen-bond acceptors (Lipinski definition) is 3. The molecule has 1 aromatic carbocycles. The van der Waals surface area contributed by atoms with E-state index in [1.807, 2.05) is 39.3 Å². The number of hydrogen-bond donors (Lipinski definition) is 1. The van der Waals surface area contributed by atoms with Gasteiger partial charge in [0.2, 0.25) is 5.95 Å². The van der Waals surface area contributed by atoms with Gasteiger partial charge in [0.05, 0.1) is 18.4 Å². The molecule has 1 aliphatic heterocycles. The fourth-order valence-corrected chi connectivity index (χ4v) is 3.29. The van der Waals surface area contributed by atoms with Crippen molar-refractivity contribution in [3.05, 3.63) is 53.9 Å². The Bertz CT molecular complexity index is 794. The van der Waals surface area contributed by atoms with Crippen LogP contribution in [-0.4, -0.2) is 54.6 Å². The van der Waals surface area contributed by atoms with Crippen molar-refractivity contribution in [2.75, 3.05) is 39.1 Å². The summed E-state index contributed by atoms with van der Waals surface area (Å²) in [6.45, 7) is 2.54. The Kier molecular flexibility index (Phi) is 7.70. The number of anilines is 1. The molecule has 1 N–H and O–H groups in total. The van der Waals surface area contributed by atoms with Crippen LogP contribution in [0.25, 0.3) is 5.57 Å². The van der Waals surface area contributed by atoms with Crippen LogP contribution in [0, 0.1) is 0 Å². The van der Waals surface area contributed by atoms with Crippen molar-refractivity contribution < 1.29 is 0 Å². The van der Waals surface area contributed by atoms with E-state index in [1.165, 1.54) is 11.1 Å². The molecule has 146 valence electrons. The quantitative estimate of drug-likeness (QED) is 0.416. The summed E-state index contributed by atoms with van der Waals surface area (Å²) in [5.41, 5.74) is 3.87. The maximum absolute atomic E-state index is 4.46. The van der Waals surface area contributed by atoms with E-state index < -0.39 is 0 Å². The van der Waals surface area contributed by atoms with Gasteiger partial charge in [-0.3, -0.25) is 4.99 Å². The monoisotopic (exact) mass is 480 g/mol. The van der Waals surface area contributed by atoms with Crippen molar-refractivity contribution in [3.8, 4) is 0 Å². The smallest absolute Gasteiger partial charge is 0.204 e. The van der Waals surface area contributed by atoms with E-state index in [4.69, 9.17) is 0 Å². The number of nitrogens with zero attached hydrogens (tertiary/aromatic N) is 5. The van der Waals surface area contributed by atoms with Crippen LogP contribution in [0.1, 0.15) is 17.7 Å². The molecule has 0 aliphatic carbocycles. The van der Waals surface area contributed by atoms with E-state index in [0.29, 0.717) is 6.54 Å². The highest BCUT2D eigenvalue weighted by Crippen LogP contribution is 2.22. The van der Waals surface area contributed by atoms with Gasteiger partial charge in [-0.2, -0.15) is 0 Å². The lowest BCUT2D eigenvalue weighted by atomic mass is 10.00. The van der Waals surface area contributed by atoms with Gasteiger partial charge in [-0.1, -0.05) is 36.4 Å². The van der Waals surface area contributed by atoms with Crippen LogP contribution in [-0.2, 0) is 13.6 Å². The molecule has 0 amide bonds. The zero-order valence-corrected chi connectivity index (χ0v) is 18.8. The Labute approximate surface area is 179 Å². The van der Waals surface area contributed by atoms with Crippen LogP contribution < -0.4 is 10.2 Å². The van der Waals surface area contributed by atoms with Crippen LogP contribution in [0.2, 0.25) is 0 Å². The van der Waals surface area contributed by atoms with Gasteiger partial charge < -0.3 is 19.7 Å². The Morgan fingerprint density at radius 1 is 1.26 bits per heavy atom. The minimum atomic E-state index is 0. The highest BCUT2D eigenvalue weighted by molar-refractivity contribution is 14.0. The Morgan fingerprint density at radius 2 is 2.00 bits per heavy atom. The van der Waals surface area contributed by atoms with Crippen LogP contribution in [0.5, 0.6) is 0 Å². The minimum Gasteiger partial charge on any atom is -0.351 e. The molecule has 7 heteroatoms. The molecule has 1 aromatic heterocycles. The van der Waals surface area contributed by atoms with Gasteiger partial charge in [0.1, 0.15) is 0 Å². The number of imidazole rings is 1. The van der Waals surface area contributed by atoms with Crippen LogP contribution in [0.3, 0.4) is 0 Å². The fraction of sp³-hybridized carbons (Fsp3) is 0.400. The molecule has 2 heterocycles. The van der Waals surface area contributed by atoms with Crippen molar-refractivity contribution in [1.29, 1.82) is 0 Å². The first kappa shape index (κ1) is 21.3. The van der Waals surface area contributed by atoms with E-state index in [0.717, 1.165) is 37.1 Å². The summed E-state index contributed by atoms with van der Waals surface area (Å²) in [6, 6.07) is 10.6. The van der Waals surface area contributed by atoms with Gasteiger partial charge in [0.15, 0.2) is 5.96 Å². The average Bonchev–Trinajstić information content (AvgIpc) is 3.04. The molecule has 0 spiro atoms. The van der Waals surface area contributed by atoms with E-state index in [1.54, 1.807) is 0 Å². The number of aromatic nitrogens is 2. The maximum Gasteiger partial charge on any atom is 0.204 e. The van der Waals surface area contributed by atoms with E-state index in [-0.39, 0.29) is 24.0 Å². The number of halogens is 1. The lowest BCUT2D eigenvalue weighted by Crippen LogP contribution is -2.43. The summed E-state index contributed by atoms with van der Waals surface area (Å²) < 4.78 is 2.10. The van der Waals surface area contributed by atoms with E-state index >= 15 is 0 Å². The van der Waals surface area contributed by atoms with E-state index in [9.17, 15) is 0 Å². The molecule has 1 aliphatic rings. The molecular formula is C20H29IN6. The normalized spacial score (nSPS) is 14.4. The molecule has 2 aromatic rings. The number of aliphatic imine (C=N–C) groups is 1. The molecule has 0 atom stereocenters. The third-order valence-electron chi connectivity index (χ3n) is 4.75. The predicted molar refractivity (Wildman–Crippen MR) is 124 cm³/mol. The Hall–Kier alpha value is -2.03. The number of rotatable bonds is 4. The summed E-state index contributed by atoms with van der Waals surface area (Å²) in [6.07, 6.45) is 5.25. The molecular weight excluding hydrogens is 451 g/mol. The molecule has 3 rings (SSSR count). The fourth-order valence-electron chi connectivity index (χ4n) is 3.29. The standard InChI is InChI=1S/C20H28N6.HI/c1-21-19(22-14-18-15-23-20(24(2)3)25(18)4)26-12-10-17(11-13-26)16-8-6-5-7-9-16;/h5-10,15H,11-14H2,1-4H3,(H,21,22);1H. The van der Waals surface area contributed by atoms with E-state index in [2.05, 4.69) is 61.2 Å². The minimum absolute atomic E-state index is 0. The topological polar surface area (TPSA) is 48.7 Å². The highest BCUT2D eigenvalue weighted by atomic mass is 127. The molecule has 0 radical (unpaired) electrons. The van der Waals surface area contributed by atoms with Gasteiger partial charge in [-0.05, 0) is 17.6 Å². The Balaban J connectivity index is 0.00000261.